The lowest BCUT2D eigenvalue weighted by atomic mass is 10.1. The number of aromatic amines is 2. The van der Waals surface area contributed by atoms with E-state index in [9.17, 15) is 0 Å². The number of fused-ring (bicyclic) bond motifs is 2. The number of nitrogens with one attached hydrogen (secondary N) is 3. The normalized spacial score (nSPS) is 13.7. The Kier molecular flexibility index (Phi) is 3.67. The van der Waals surface area contributed by atoms with Crippen molar-refractivity contribution in [2.45, 2.75) is 12.8 Å². The van der Waals surface area contributed by atoms with Gasteiger partial charge in [0.05, 0.1) is 39.8 Å². The average molecular weight is 393 g/mol. The number of H-pyrrole nitrogens is 2. The van der Waals surface area contributed by atoms with E-state index in [0.717, 1.165) is 56.1 Å². The molecule has 0 aliphatic heterocycles. The molecule has 0 amide bonds. The van der Waals surface area contributed by atoms with Gasteiger partial charge in [-0.2, -0.15) is 5.10 Å². The molecule has 1 aliphatic carbocycles. The van der Waals surface area contributed by atoms with E-state index in [4.69, 9.17) is 4.98 Å². The molecule has 0 saturated heterocycles. The third-order valence-corrected chi connectivity index (χ3v) is 5.46. The quantitative estimate of drug-likeness (QED) is 0.395. The Morgan fingerprint density at radius 3 is 2.90 bits per heavy atom. The summed E-state index contributed by atoms with van der Waals surface area (Å²) in [6.45, 7) is 4.14. The summed E-state index contributed by atoms with van der Waals surface area (Å²) in [5.74, 6) is 0.586. The van der Waals surface area contributed by atoms with Crippen LogP contribution in [0.5, 0.6) is 0 Å². The summed E-state index contributed by atoms with van der Waals surface area (Å²) >= 11 is 0. The second-order valence-corrected chi connectivity index (χ2v) is 7.67. The lowest BCUT2D eigenvalue weighted by Crippen LogP contribution is -2.00. The van der Waals surface area contributed by atoms with Crippen molar-refractivity contribution in [3.8, 4) is 22.6 Å². The molecule has 1 saturated carbocycles. The second kappa shape index (κ2) is 6.52. The highest BCUT2D eigenvalue weighted by atomic mass is 15.1. The summed E-state index contributed by atoms with van der Waals surface area (Å²) in [7, 11) is 0. The molecule has 0 atom stereocenters. The van der Waals surface area contributed by atoms with Gasteiger partial charge in [-0.15, -0.1) is 0 Å². The molecule has 5 aromatic rings. The fourth-order valence-electron chi connectivity index (χ4n) is 3.70. The van der Waals surface area contributed by atoms with Gasteiger partial charge in [0, 0.05) is 23.7 Å². The van der Waals surface area contributed by atoms with Crippen molar-refractivity contribution in [1.29, 1.82) is 0 Å². The highest BCUT2D eigenvalue weighted by Crippen LogP contribution is 2.36. The van der Waals surface area contributed by atoms with Crippen molar-refractivity contribution in [2.75, 3.05) is 5.32 Å². The lowest BCUT2D eigenvalue weighted by molar-refractivity contribution is 1.02. The molecule has 0 aromatic carbocycles. The first-order valence-corrected chi connectivity index (χ1v) is 9.95. The number of rotatable bonds is 5. The standard InChI is InChI=1S/C23H19N7/c1-13(14-4-5-14)26-16-9-15(11-24-12-16)17-6-7-19-22(28-17)23(30-29-19)21-10-20-18(27-21)3-2-8-25-20/h2-3,6-12,14,26-27H,1,4-5H2,(H,29,30). The van der Waals surface area contributed by atoms with E-state index in [-0.39, 0.29) is 0 Å². The summed E-state index contributed by atoms with van der Waals surface area (Å²) in [4.78, 5) is 17.1. The van der Waals surface area contributed by atoms with E-state index in [2.05, 4.69) is 43.1 Å². The Balaban J connectivity index is 1.40. The molecule has 5 heterocycles. The van der Waals surface area contributed by atoms with Gasteiger partial charge in [0.15, 0.2) is 0 Å². The van der Waals surface area contributed by atoms with E-state index in [1.54, 1.807) is 6.20 Å². The van der Waals surface area contributed by atoms with E-state index in [1.165, 1.54) is 12.8 Å². The molecule has 0 unspecified atom stereocenters. The Morgan fingerprint density at radius 1 is 1.10 bits per heavy atom. The van der Waals surface area contributed by atoms with Crippen LogP contribution in [0.15, 0.2) is 67.3 Å². The van der Waals surface area contributed by atoms with Crippen LogP contribution in [0.25, 0.3) is 44.7 Å². The Hall–Kier alpha value is -4.00. The maximum atomic E-state index is 4.90. The van der Waals surface area contributed by atoms with E-state index < -0.39 is 0 Å². The predicted octanol–water partition coefficient (Wildman–Crippen LogP) is 4.90. The summed E-state index contributed by atoms with van der Waals surface area (Å²) in [6.07, 6.45) is 7.85. The third-order valence-electron chi connectivity index (χ3n) is 5.46. The number of aromatic nitrogens is 6. The third kappa shape index (κ3) is 2.91. The zero-order valence-corrected chi connectivity index (χ0v) is 16.2. The van der Waals surface area contributed by atoms with Gasteiger partial charge < -0.3 is 10.3 Å². The fourth-order valence-corrected chi connectivity index (χ4v) is 3.70. The second-order valence-electron chi connectivity index (χ2n) is 7.67. The number of hydrogen-bond donors (Lipinski definition) is 3. The van der Waals surface area contributed by atoms with Crippen molar-refractivity contribution >= 4 is 27.8 Å². The summed E-state index contributed by atoms with van der Waals surface area (Å²) < 4.78 is 0. The molecule has 30 heavy (non-hydrogen) atoms. The number of allylic oxidation sites excluding steroid dienone is 1. The zero-order valence-electron chi connectivity index (χ0n) is 16.2. The number of nitrogens with zero attached hydrogens (tertiary/aromatic N) is 4. The SMILES string of the molecule is C=C(Nc1cncc(-c2ccc3[nH]nc(-c4cc5ncccc5[nH]4)c3n2)c1)C1CC1. The topological polar surface area (TPSA) is 95.2 Å². The van der Waals surface area contributed by atoms with Crippen LogP contribution in [0.4, 0.5) is 5.69 Å². The lowest BCUT2D eigenvalue weighted by Gasteiger charge is -2.09. The van der Waals surface area contributed by atoms with Gasteiger partial charge in [0.2, 0.25) is 0 Å². The van der Waals surface area contributed by atoms with Crippen LogP contribution in [0.2, 0.25) is 0 Å². The monoisotopic (exact) mass is 393 g/mol. The van der Waals surface area contributed by atoms with Crippen LogP contribution in [-0.4, -0.2) is 30.1 Å². The van der Waals surface area contributed by atoms with Crippen LogP contribution >= 0.6 is 0 Å². The highest BCUT2D eigenvalue weighted by molar-refractivity contribution is 5.93. The van der Waals surface area contributed by atoms with Crippen LogP contribution in [0.1, 0.15) is 12.8 Å². The Bertz CT molecular complexity index is 1370. The molecular formula is C23H19N7. The van der Waals surface area contributed by atoms with Crippen LogP contribution in [-0.2, 0) is 0 Å². The molecule has 5 aromatic heterocycles. The molecule has 0 radical (unpaired) electrons. The first-order valence-electron chi connectivity index (χ1n) is 9.95. The molecular weight excluding hydrogens is 374 g/mol. The highest BCUT2D eigenvalue weighted by Gasteiger charge is 2.24. The molecule has 7 nitrogen and oxygen atoms in total. The van der Waals surface area contributed by atoms with E-state index >= 15 is 0 Å². The van der Waals surface area contributed by atoms with E-state index in [0.29, 0.717) is 5.92 Å². The van der Waals surface area contributed by atoms with Gasteiger partial charge in [-0.05, 0) is 55.2 Å². The maximum absolute atomic E-state index is 4.90. The molecule has 7 heteroatoms. The van der Waals surface area contributed by atoms with Crippen LogP contribution in [0, 0.1) is 5.92 Å². The molecule has 0 spiro atoms. The van der Waals surface area contributed by atoms with Crippen molar-refractivity contribution in [1.82, 2.24) is 30.1 Å². The van der Waals surface area contributed by atoms with Gasteiger partial charge in [-0.3, -0.25) is 15.1 Å². The maximum Gasteiger partial charge on any atom is 0.135 e. The molecule has 6 rings (SSSR count). The van der Waals surface area contributed by atoms with Crippen molar-refractivity contribution in [2.24, 2.45) is 5.92 Å². The smallest absolute Gasteiger partial charge is 0.135 e. The summed E-state index contributed by atoms with van der Waals surface area (Å²) in [5, 5.41) is 10.9. The summed E-state index contributed by atoms with van der Waals surface area (Å²) in [6, 6.07) is 11.9. The molecule has 3 N–H and O–H groups in total. The minimum Gasteiger partial charge on any atom is -0.358 e. The minimum absolute atomic E-state index is 0.586. The van der Waals surface area contributed by atoms with Crippen molar-refractivity contribution in [3.05, 3.63) is 67.3 Å². The van der Waals surface area contributed by atoms with Crippen molar-refractivity contribution < 1.29 is 0 Å². The summed E-state index contributed by atoms with van der Waals surface area (Å²) in [5.41, 5.74) is 8.98. The van der Waals surface area contributed by atoms with Gasteiger partial charge in [-0.1, -0.05) is 6.58 Å². The number of pyridine rings is 3. The first kappa shape index (κ1) is 16.9. The molecule has 1 aliphatic rings. The Morgan fingerprint density at radius 2 is 2.03 bits per heavy atom. The minimum atomic E-state index is 0.586. The zero-order chi connectivity index (χ0) is 20.1. The fraction of sp³-hybridized carbons (Fsp3) is 0.130. The number of hydrogen-bond acceptors (Lipinski definition) is 5. The average Bonchev–Trinajstić information content (AvgIpc) is 3.40. The largest absolute Gasteiger partial charge is 0.358 e. The molecule has 146 valence electrons. The van der Waals surface area contributed by atoms with Gasteiger partial charge >= 0.3 is 0 Å². The van der Waals surface area contributed by atoms with Gasteiger partial charge in [0.1, 0.15) is 11.2 Å². The van der Waals surface area contributed by atoms with Gasteiger partial charge in [0.25, 0.3) is 0 Å². The molecule has 1 fully saturated rings. The van der Waals surface area contributed by atoms with Crippen LogP contribution < -0.4 is 5.32 Å². The Labute approximate surface area is 172 Å². The number of anilines is 1. The van der Waals surface area contributed by atoms with Gasteiger partial charge in [-0.25, -0.2) is 4.98 Å². The van der Waals surface area contributed by atoms with Crippen molar-refractivity contribution in [3.63, 3.8) is 0 Å². The molecule has 0 bridgehead atoms. The van der Waals surface area contributed by atoms with E-state index in [1.807, 2.05) is 42.7 Å². The van der Waals surface area contributed by atoms with Crippen LogP contribution in [0.3, 0.4) is 0 Å². The predicted molar refractivity (Wildman–Crippen MR) is 118 cm³/mol. The first-order chi connectivity index (χ1) is 14.7.